The van der Waals surface area contributed by atoms with E-state index in [1.807, 2.05) is 55.5 Å². The molecule has 0 saturated heterocycles. The highest BCUT2D eigenvalue weighted by Gasteiger charge is 2.20. The molecule has 0 bridgehead atoms. The predicted octanol–water partition coefficient (Wildman–Crippen LogP) is 3.29. The van der Waals surface area contributed by atoms with Crippen LogP contribution in [0.4, 0.5) is 0 Å². The van der Waals surface area contributed by atoms with Crippen LogP contribution in [0.5, 0.6) is 5.75 Å². The summed E-state index contributed by atoms with van der Waals surface area (Å²) < 4.78 is 31.2. The van der Waals surface area contributed by atoms with Crippen LogP contribution in [0.25, 0.3) is 0 Å². The maximum absolute atomic E-state index is 12.3. The first kappa shape index (κ1) is 23.9. The van der Waals surface area contributed by atoms with Crippen LogP contribution >= 0.6 is 0 Å². The van der Waals surface area contributed by atoms with Gasteiger partial charge < -0.3 is 10.1 Å². The van der Waals surface area contributed by atoms with Gasteiger partial charge in [-0.05, 0) is 43.4 Å². The molecule has 2 rings (SSSR count). The first-order chi connectivity index (χ1) is 14.3. The smallest absolute Gasteiger partial charge is 0.235 e. The lowest BCUT2D eigenvalue weighted by atomic mass is 10.1. The van der Waals surface area contributed by atoms with Gasteiger partial charge >= 0.3 is 0 Å². The molecule has 1 N–H and O–H groups in total. The molecule has 0 unspecified atom stereocenters. The molecule has 0 aliphatic rings. The van der Waals surface area contributed by atoms with Crippen LogP contribution in [0.2, 0.25) is 0 Å². The van der Waals surface area contributed by atoms with Crippen molar-refractivity contribution in [3.8, 4) is 5.75 Å². The minimum absolute atomic E-state index is 0.175. The summed E-state index contributed by atoms with van der Waals surface area (Å²) in [6, 6.07) is 15.5. The SMILES string of the molecule is CCCOc1ccccc1CCCNC(=O)CN(Cc1ccc(C)cc1)S(C)(=O)=O. The van der Waals surface area contributed by atoms with Gasteiger partial charge in [-0.25, -0.2) is 8.42 Å². The van der Waals surface area contributed by atoms with E-state index in [1.54, 1.807) is 0 Å². The molecule has 0 atom stereocenters. The molecule has 0 fully saturated rings. The van der Waals surface area contributed by atoms with Gasteiger partial charge in [0, 0.05) is 13.1 Å². The van der Waals surface area contributed by atoms with E-state index in [0.29, 0.717) is 13.2 Å². The van der Waals surface area contributed by atoms with Crippen molar-refractivity contribution in [3.05, 3.63) is 65.2 Å². The Balaban J connectivity index is 1.84. The Morgan fingerprint density at radius 3 is 2.47 bits per heavy atom. The standard InChI is InChI=1S/C23H32N2O4S/c1-4-16-29-22-10-6-5-8-21(22)9-7-15-24-23(26)18-25(30(3,27)28)17-20-13-11-19(2)12-14-20/h5-6,8,10-14H,4,7,9,15-18H2,1-3H3,(H,24,26). The van der Waals surface area contributed by atoms with Crippen molar-refractivity contribution >= 4 is 15.9 Å². The van der Waals surface area contributed by atoms with Gasteiger partial charge in [-0.1, -0.05) is 55.0 Å². The van der Waals surface area contributed by atoms with Crippen LogP contribution in [-0.2, 0) is 27.8 Å². The van der Waals surface area contributed by atoms with E-state index in [1.165, 1.54) is 4.31 Å². The first-order valence-corrected chi connectivity index (χ1v) is 12.1. The summed E-state index contributed by atoms with van der Waals surface area (Å²) >= 11 is 0. The molecule has 0 aliphatic heterocycles. The highest BCUT2D eigenvalue weighted by molar-refractivity contribution is 7.88. The maximum Gasteiger partial charge on any atom is 0.235 e. The molecule has 2 aromatic carbocycles. The fourth-order valence-electron chi connectivity index (χ4n) is 2.97. The summed E-state index contributed by atoms with van der Waals surface area (Å²) in [5, 5.41) is 2.83. The molecule has 0 aliphatic carbocycles. The number of para-hydroxylation sites is 1. The highest BCUT2D eigenvalue weighted by atomic mass is 32.2. The normalized spacial score (nSPS) is 11.5. The number of nitrogens with one attached hydrogen (secondary N) is 1. The number of aryl methyl sites for hydroxylation is 2. The van der Waals surface area contributed by atoms with Crippen molar-refractivity contribution in [2.24, 2.45) is 0 Å². The molecule has 0 aromatic heterocycles. The predicted molar refractivity (Wildman–Crippen MR) is 120 cm³/mol. The quantitative estimate of drug-likeness (QED) is 0.522. The van der Waals surface area contributed by atoms with Crippen molar-refractivity contribution in [1.29, 1.82) is 0 Å². The number of hydrogen-bond acceptors (Lipinski definition) is 4. The monoisotopic (exact) mass is 432 g/mol. The Morgan fingerprint density at radius 2 is 1.80 bits per heavy atom. The Bertz CT molecular complexity index is 911. The molecule has 0 radical (unpaired) electrons. The summed E-state index contributed by atoms with van der Waals surface area (Å²) in [7, 11) is -3.50. The zero-order chi connectivity index (χ0) is 22.0. The van der Waals surface area contributed by atoms with Crippen LogP contribution in [0.1, 0.15) is 36.5 Å². The average Bonchev–Trinajstić information content (AvgIpc) is 2.70. The lowest BCUT2D eigenvalue weighted by Gasteiger charge is -2.19. The molecular weight excluding hydrogens is 400 g/mol. The summed E-state index contributed by atoms with van der Waals surface area (Å²) in [6.45, 7) is 5.17. The fraction of sp³-hybridized carbons (Fsp3) is 0.435. The molecule has 164 valence electrons. The van der Waals surface area contributed by atoms with E-state index >= 15 is 0 Å². The summed E-state index contributed by atoms with van der Waals surface area (Å²) in [4.78, 5) is 12.3. The number of sulfonamides is 1. The number of carbonyl (C=O) groups is 1. The molecule has 2 aromatic rings. The Labute approximate surface area is 180 Å². The second-order valence-corrected chi connectivity index (χ2v) is 9.41. The topological polar surface area (TPSA) is 75.7 Å². The van der Waals surface area contributed by atoms with Crippen LogP contribution < -0.4 is 10.1 Å². The molecule has 7 heteroatoms. The first-order valence-electron chi connectivity index (χ1n) is 10.3. The van der Waals surface area contributed by atoms with E-state index in [0.717, 1.165) is 48.0 Å². The lowest BCUT2D eigenvalue weighted by molar-refractivity contribution is -0.121. The van der Waals surface area contributed by atoms with E-state index in [-0.39, 0.29) is 19.0 Å². The third-order valence-corrected chi connectivity index (χ3v) is 5.84. The fourth-order valence-corrected chi connectivity index (χ4v) is 3.71. The van der Waals surface area contributed by atoms with Crippen molar-refractivity contribution < 1.29 is 17.9 Å². The number of carbonyl (C=O) groups excluding carboxylic acids is 1. The summed E-state index contributed by atoms with van der Waals surface area (Å²) in [6.07, 6.45) is 3.60. The number of benzene rings is 2. The average molecular weight is 433 g/mol. The Morgan fingerprint density at radius 1 is 1.10 bits per heavy atom. The largest absolute Gasteiger partial charge is 0.493 e. The second kappa shape index (κ2) is 11.7. The van der Waals surface area contributed by atoms with Gasteiger partial charge in [-0.15, -0.1) is 0 Å². The van der Waals surface area contributed by atoms with E-state index in [4.69, 9.17) is 4.74 Å². The number of amides is 1. The van der Waals surface area contributed by atoms with Crippen LogP contribution in [0.15, 0.2) is 48.5 Å². The minimum Gasteiger partial charge on any atom is -0.493 e. The zero-order valence-electron chi connectivity index (χ0n) is 18.1. The van der Waals surface area contributed by atoms with Gasteiger partial charge in [0.25, 0.3) is 0 Å². The van der Waals surface area contributed by atoms with Crippen molar-refractivity contribution in [1.82, 2.24) is 9.62 Å². The van der Waals surface area contributed by atoms with Crippen LogP contribution in [-0.4, -0.2) is 44.6 Å². The summed E-state index contributed by atoms with van der Waals surface area (Å²) in [5.41, 5.74) is 3.06. The van der Waals surface area contributed by atoms with Gasteiger partial charge in [0.1, 0.15) is 5.75 Å². The number of nitrogens with zero attached hydrogens (tertiary/aromatic N) is 1. The second-order valence-electron chi connectivity index (χ2n) is 7.43. The van der Waals surface area contributed by atoms with E-state index in [2.05, 4.69) is 12.2 Å². The Hall–Kier alpha value is -2.38. The van der Waals surface area contributed by atoms with E-state index in [9.17, 15) is 13.2 Å². The molecule has 0 saturated carbocycles. The van der Waals surface area contributed by atoms with E-state index < -0.39 is 10.0 Å². The third-order valence-electron chi connectivity index (χ3n) is 4.65. The number of ether oxygens (including phenoxy) is 1. The summed E-state index contributed by atoms with van der Waals surface area (Å²) in [5.74, 6) is 0.579. The third kappa shape index (κ3) is 8.16. The van der Waals surface area contributed by atoms with Crippen molar-refractivity contribution in [2.75, 3.05) is 26.0 Å². The molecule has 30 heavy (non-hydrogen) atoms. The molecule has 1 amide bonds. The van der Waals surface area contributed by atoms with Crippen molar-refractivity contribution in [2.45, 2.75) is 39.7 Å². The molecule has 0 heterocycles. The van der Waals surface area contributed by atoms with Gasteiger partial charge in [0.2, 0.25) is 15.9 Å². The number of hydrogen-bond donors (Lipinski definition) is 1. The maximum atomic E-state index is 12.3. The highest BCUT2D eigenvalue weighted by Crippen LogP contribution is 2.19. The van der Waals surface area contributed by atoms with Gasteiger partial charge in [-0.2, -0.15) is 4.31 Å². The zero-order valence-corrected chi connectivity index (χ0v) is 18.9. The van der Waals surface area contributed by atoms with Crippen molar-refractivity contribution in [3.63, 3.8) is 0 Å². The molecular formula is C23H32N2O4S. The van der Waals surface area contributed by atoms with Crippen LogP contribution in [0.3, 0.4) is 0 Å². The molecule has 6 nitrogen and oxygen atoms in total. The van der Waals surface area contributed by atoms with Gasteiger partial charge in [0.05, 0.1) is 19.4 Å². The Kier molecular flexibility index (Phi) is 9.33. The van der Waals surface area contributed by atoms with Crippen LogP contribution in [0, 0.1) is 6.92 Å². The molecule has 0 spiro atoms. The minimum atomic E-state index is -3.50. The van der Waals surface area contributed by atoms with Gasteiger partial charge in [-0.3, -0.25) is 4.79 Å². The number of rotatable bonds is 12. The van der Waals surface area contributed by atoms with Gasteiger partial charge in [0.15, 0.2) is 0 Å². The lowest BCUT2D eigenvalue weighted by Crippen LogP contribution is -2.40.